The zero-order chi connectivity index (χ0) is 13.1. The molecule has 0 bridgehead atoms. The minimum Gasteiger partial charge on any atom is -0.385 e. The highest BCUT2D eigenvalue weighted by molar-refractivity contribution is 5.99. The Labute approximate surface area is 112 Å². The molecule has 5 heteroatoms. The number of ether oxygens (including phenoxy) is 1. The lowest BCUT2D eigenvalue weighted by Crippen LogP contribution is -2.39. The molecule has 2 heterocycles. The lowest BCUT2D eigenvalue weighted by Gasteiger charge is -2.23. The molecule has 0 aromatic heterocycles. The molecule has 1 aromatic rings. The molecule has 0 radical (unpaired) electrons. The Morgan fingerprint density at radius 3 is 3.21 bits per heavy atom. The number of fused-ring (bicyclic) bond motifs is 1. The summed E-state index contributed by atoms with van der Waals surface area (Å²) < 4.78 is 5.65. The highest BCUT2D eigenvalue weighted by Gasteiger charge is 2.17. The van der Waals surface area contributed by atoms with Gasteiger partial charge in [0.25, 0.3) is 0 Å². The van der Waals surface area contributed by atoms with E-state index in [2.05, 4.69) is 16.0 Å². The van der Waals surface area contributed by atoms with E-state index in [1.165, 1.54) is 0 Å². The third-order valence-electron chi connectivity index (χ3n) is 3.53. The van der Waals surface area contributed by atoms with Crippen molar-refractivity contribution in [2.75, 3.05) is 36.9 Å². The van der Waals surface area contributed by atoms with Gasteiger partial charge in [-0.1, -0.05) is 0 Å². The molecule has 1 fully saturated rings. The number of carbonyl (C=O) groups is 1. The van der Waals surface area contributed by atoms with Gasteiger partial charge in [0.05, 0.1) is 19.1 Å². The van der Waals surface area contributed by atoms with Crippen LogP contribution >= 0.6 is 0 Å². The summed E-state index contributed by atoms with van der Waals surface area (Å²) in [6.45, 7) is 3.57. The van der Waals surface area contributed by atoms with Crippen molar-refractivity contribution in [3.63, 3.8) is 0 Å². The quantitative estimate of drug-likeness (QED) is 0.756. The van der Waals surface area contributed by atoms with Crippen LogP contribution in [0.3, 0.4) is 0 Å². The van der Waals surface area contributed by atoms with Gasteiger partial charge >= 0.3 is 0 Å². The molecular weight excluding hydrogens is 242 g/mol. The first kappa shape index (κ1) is 12.4. The summed E-state index contributed by atoms with van der Waals surface area (Å²) in [6.07, 6.45) is 1.78. The van der Waals surface area contributed by atoms with E-state index in [0.717, 1.165) is 49.6 Å². The minimum atomic E-state index is 0.0776. The van der Waals surface area contributed by atoms with E-state index in [4.69, 9.17) is 4.74 Å². The van der Waals surface area contributed by atoms with Crippen LogP contribution in [0.5, 0.6) is 0 Å². The zero-order valence-electron chi connectivity index (χ0n) is 10.9. The van der Waals surface area contributed by atoms with E-state index in [1.807, 2.05) is 18.2 Å². The molecule has 1 amide bonds. The highest BCUT2D eigenvalue weighted by Crippen LogP contribution is 2.25. The predicted molar refractivity (Wildman–Crippen MR) is 74.5 cm³/mol. The SMILES string of the molecule is O=C1Cc2cc(NCCC3CNCCO3)ccc2N1. The van der Waals surface area contributed by atoms with Gasteiger partial charge in [0.15, 0.2) is 0 Å². The summed E-state index contributed by atoms with van der Waals surface area (Å²) in [4.78, 5) is 11.3. The summed E-state index contributed by atoms with van der Waals surface area (Å²) in [7, 11) is 0. The van der Waals surface area contributed by atoms with Crippen molar-refractivity contribution in [2.24, 2.45) is 0 Å². The molecule has 102 valence electrons. The third kappa shape index (κ3) is 3.05. The average molecular weight is 261 g/mol. The van der Waals surface area contributed by atoms with Crippen LogP contribution in [0.4, 0.5) is 11.4 Å². The molecule has 1 aromatic carbocycles. The van der Waals surface area contributed by atoms with Crippen molar-refractivity contribution in [1.29, 1.82) is 0 Å². The van der Waals surface area contributed by atoms with Gasteiger partial charge in [0.2, 0.25) is 5.91 Å². The molecule has 3 N–H and O–H groups in total. The Morgan fingerprint density at radius 1 is 1.42 bits per heavy atom. The van der Waals surface area contributed by atoms with Gasteiger partial charge in [-0.3, -0.25) is 4.79 Å². The van der Waals surface area contributed by atoms with Gasteiger partial charge in [-0.25, -0.2) is 0 Å². The van der Waals surface area contributed by atoms with Crippen LogP contribution in [0, 0.1) is 0 Å². The first-order valence-corrected chi connectivity index (χ1v) is 6.80. The van der Waals surface area contributed by atoms with Crippen molar-refractivity contribution in [2.45, 2.75) is 18.9 Å². The van der Waals surface area contributed by atoms with Crippen molar-refractivity contribution in [3.8, 4) is 0 Å². The summed E-state index contributed by atoms with van der Waals surface area (Å²) in [5.41, 5.74) is 3.08. The van der Waals surface area contributed by atoms with E-state index in [1.54, 1.807) is 0 Å². The van der Waals surface area contributed by atoms with E-state index in [9.17, 15) is 4.79 Å². The van der Waals surface area contributed by atoms with Crippen LogP contribution in [0.15, 0.2) is 18.2 Å². The maximum atomic E-state index is 11.3. The lowest BCUT2D eigenvalue weighted by molar-refractivity contribution is -0.115. The maximum Gasteiger partial charge on any atom is 0.228 e. The Hall–Kier alpha value is -1.59. The average Bonchev–Trinajstić information content (AvgIpc) is 2.79. The summed E-state index contributed by atoms with van der Waals surface area (Å²) in [5.74, 6) is 0.0776. The second kappa shape index (κ2) is 5.59. The van der Waals surface area contributed by atoms with Gasteiger partial charge in [0, 0.05) is 31.0 Å². The van der Waals surface area contributed by atoms with Crippen molar-refractivity contribution in [3.05, 3.63) is 23.8 Å². The first-order valence-electron chi connectivity index (χ1n) is 6.80. The molecule has 0 saturated carbocycles. The van der Waals surface area contributed by atoms with E-state index >= 15 is 0 Å². The van der Waals surface area contributed by atoms with Crippen LogP contribution < -0.4 is 16.0 Å². The van der Waals surface area contributed by atoms with E-state index in [-0.39, 0.29) is 5.91 Å². The third-order valence-corrected chi connectivity index (χ3v) is 3.53. The van der Waals surface area contributed by atoms with Crippen molar-refractivity contribution >= 4 is 17.3 Å². The first-order chi connectivity index (χ1) is 9.31. The van der Waals surface area contributed by atoms with E-state index < -0.39 is 0 Å². The second-order valence-corrected chi connectivity index (χ2v) is 5.01. The Kier molecular flexibility index (Phi) is 3.66. The number of carbonyl (C=O) groups excluding carboxylic acids is 1. The Morgan fingerprint density at radius 2 is 2.37 bits per heavy atom. The Balaban J connectivity index is 1.50. The molecule has 2 aliphatic heterocycles. The molecule has 0 aliphatic carbocycles. The topological polar surface area (TPSA) is 62.4 Å². The molecule has 5 nitrogen and oxygen atoms in total. The number of rotatable bonds is 4. The van der Waals surface area contributed by atoms with Crippen LogP contribution in [0.2, 0.25) is 0 Å². The van der Waals surface area contributed by atoms with Gasteiger partial charge in [0.1, 0.15) is 0 Å². The fourth-order valence-electron chi connectivity index (χ4n) is 2.52. The molecule has 0 spiro atoms. The van der Waals surface area contributed by atoms with Crippen LogP contribution in [-0.2, 0) is 16.0 Å². The number of hydrogen-bond donors (Lipinski definition) is 3. The van der Waals surface area contributed by atoms with Gasteiger partial charge in [-0.2, -0.15) is 0 Å². The summed E-state index contributed by atoms with van der Waals surface area (Å²) in [6, 6.07) is 6.01. The molecule has 19 heavy (non-hydrogen) atoms. The van der Waals surface area contributed by atoms with Crippen molar-refractivity contribution in [1.82, 2.24) is 5.32 Å². The fraction of sp³-hybridized carbons (Fsp3) is 0.500. The normalized spacial score (nSPS) is 21.9. The number of anilines is 2. The van der Waals surface area contributed by atoms with Gasteiger partial charge in [-0.05, 0) is 30.2 Å². The summed E-state index contributed by atoms with van der Waals surface area (Å²) >= 11 is 0. The number of morpholine rings is 1. The highest BCUT2D eigenvalue weighted by atomic mass is 16.5. The van der Waals surface area contributed by atoms with Crippen molar-refractivity contribution < 1.29 is 9.53 Å². The lowest BCUT2D eigenvalue weighted by atomic mass is 10.1. The number of nitrogens with one attached hydrogen (secondary N) is 3. The molecule has 3 rings (SSSR count). The number of amides is 1. The molecular formula is C14H19N3O2. The predicted octanol–water partition coefficient (Wildman–Crippen LogP) is 0.972. The minimum absolute atomic E-state index is 0.0776. The van der Waals surface area contributed by atoms with Crippen LogP contribution in [-0.4, -0.2) is 38.3 Å². The molecule has 1 saturated heterocycles. The number of hydrogen-bond acceptors (Lipinski definition) is 4. The van der Waals surface area contributed by atoms with Crippen LogP contribution in [0.1, 0.15) is 12.0 Å². The zero-order valence-corrected chi connectivity index (χ0v) is 10.9. The standard InChI is InChI=1S/C14H19N3O2/c18-14-8-10-7-11(1-2-13(10)17-14)16-4-3-12-9-15-5-6-19-12/h1-2,7,12,15-16H,3-6,8-9H2,(H,17,18). The van der Waals surface area contributed by atoms with Crippen LogP contribution in [0.25, 0.3) is 0 Å². The van der Waals surface area contributed by atoms with Gasteiger partial charge in [-0.15, -0.1) is 0 Å². The maximum absolute atomic E-state index is 11.3. The summed E-state index contributed by atoms with van der Waals surface area (Å²) in [5, 5.41) is 9.55. The Bertz CT molecular complexity index is 470. The van der Waals surface area contributed by atoms with E-state index in [0.29, 0.717) is 12.5 Å². The largest absolute Gasteiger partial charge is 0.385 e. The smallest absolute Gasteiger partial charge is 0.228 e. The molecule has 2 aliphatic rings. The molecule has 1 unspecified atom stereocenters. The van der Waals surface area contributed by atoms with Gasteiger partial charge < -0.3 is 20.7 Å². The number of benzene rings is 1. The monoisotopic (exact) mass is 261 g/mol. The second-order valence-electron chi connectivity index (χ2n) is 5.01. The molecule has 1 atom stereocenters. The fourth-order valence-corrected chi connectivity index (χ4v) is 2.52.